The highest BCUT2D eigenvalue weighted by atomic mass is 32.2. The molecule has 44 heavy (non-hydrogen) atoms. The number of aryl methyl sites for hydroxylation is 1. The number of ketones is 1. The van der Waals surface area contributed by atoms with E-state index in [0.717, 1.165) is 36.3 Å². The third kappa shape index (κ3) is 5.85. The number of para-hydroxylation sites is 2. The van der Waals surface area contributed by atoms with Gasteiger partial charge in [0.2, 0.25) is 0 Å². The molecule has 0 spiro atoms. The number of thioether (sulfide) groups is 1. The largest absolute Gasteiger partial charge is 0.311 e. The van der Waals surface area contributed by atoms with Crippen molar-refractivity contribution in [2.24, 2.45) is 13.0 Å². The van der Waals surface area contributed by atoms with E-state index >= 15 is 0 Å². The van der Waals surface area contributed by atoms with Gasteiger partial charge in [0.05, 0.1) is 28.0 Å². The van der Waals surface area contributed by atoms with Crippen LogP contribution in [0.1, 0.15) is 73.5 Å². The third-order valence-electron chi connectivity index (χ3n) is 8.43. The Bertz CT molecular complexity index is 1950. The minimum absolute atomic E-state index is 0.0473. The molecule has 0 aliphatic rings. The molecule has 8 nitrogen and oxygen atoms in total. The summed E-state index contributed by atoms with van der Waals surface area (Å²) in [7, 11) is 1.87. The van der Waals surface area contributed by atoms with E-state index in [0.29, 0.717) is 38.9 Å². The molecule has 0 aliphatic heterocycles. The quantitative estimate of drug-likeness (QED) is 0.0916. The van der Waals surface area contributed by atoms with Crippen LogP contribution >= 0.6 is 11.8 Å². The Hall–Kier alpha value is -4.11. The number of nitrogens with zero attached hydrogens (tertiary/aromatic N) is 5. The molecular formula is C35H41N5O3S. The minimum atomic E-state index is -0.151. The van der Waals surface area contributed by atoms with E-state index in [1.54, 1.807) is 9.25 Å². The van der Waals surface area contributed by atoms with Crippen LogP contribution in [0, 0.1) is 26.7 Å². The lowest BCUT2D eigenvalue weighted by Crippen LogP contribution is -2.26. The van der Waals surface area contributed by atoms with Crippen LogP contribution in [-0.2, 0) is 7.05 Å². The fourth-order valence-electron chi connectivity index (χ4n) is 5.98. The van der Waals surface area contributed by atoms with Gasteiger partial charge in [0, 0.05) is 30.0 Å². The summed E-state index contributed by atoms with van der Waals surface area (Å²) in [4.78, 5) is 46.0. The Kier molecular flexibility index (Phi) is 9.15. The van der Waals surface area contributed by atoms with Crippen molar-refractivity contribution in [3.05, 3.63) is 104 Å². The molecule has 0 saturated heterocycles. The van der Waals surface area contributed by atoms with Crippen molar-refractivity contribution < 1.29 is 4.79 Å². The number of aromatic nitrogens is 5. The molecular weight excluding hydrogens is 570 g/mol. The van der Waals surface area contributed by atoms with Gasteiger partial charge in [-0.3, -0.25) is 23.6 Å². The molecule has 9 heteroatoms. The molecule has 0 N–H and O–H groups in total. The Labute approximate surface area is 262 Å². The van der Waals surface area contributed by atoms with Gasteiger partial charge in [-0.05, 0) is 70.4 Å². The maximum atomic E-state index is 13.7. The zero-order chi connectivity index (χ0) is 31.7. The van der Waals surface area contributed by atoms with Gasteiger partial charge in [-0.1, -0.05) is 68.8 Å². The Morgan fingerprint density at radius 1 is 0.886 bits per heavy atom. The normalized spacial score (nSPS) is 12.4. The average Bonchev–Trinajstić information content (AvgIpc) is 3.40. The highest BCUT2D eigenvalue weighted by molar-refractivity contribution is 7.99. The molecule has 0 radical (unpaired) electrons. The first kappa shape index (κ1) is 31.3. The standard InChI is InChI=1S/C35H41N5O3S/c1-22(2)14-13-15-23(3)39-33(42)28-18-11-12-19-30(28)36-35(39)44-21-31(41)29-20-24(4)38(25(29)5)32-26(6)37(7)40(34(32)43)27-16-9-8-10-17-27/h8-12,16-20,22-23H,13-15,21H2,1-7H3. The molecule has 0 amide bonds. The lowest BCUT2D eigenvalue weighted by atomic mass is 10.0. The fourth-order valence-corrected chi connectivity index (χ4v) is 6.96. The summed E-state index contributed by atoms with van der Waals surface area (Å²) in [5.74, 6) is 0.642. The van der Waals surface area contributed by atoms with Gasteiger partial charge >= 0.3 is 0 Å². The van der Waals surface area contributed by atoms with Gasteiger partial charge in [-0.25, -0.2) is 9.67 Å². The molecule has 1 atom stereocenters. The molecule has 230 valence electrons. The highest BCUT2D eigenvalue weighted by Gasteiger charge is 2.25. The van der Waals surface area contributed by atoms with E-state index in [4.69, 9.17) is 4.98 Å². The van der Waals surface area contributed by atoms with Crippen LogP contribution in [0.15, 0.2) is 75.4 Å². The summed E-state index contributed by atoms with van der Waals surface area (Å²) < 4.78 is 7.14. The van der Waals surface area contributed by atoms with Crippen molar-refractivity contribution in [2.45, 2.75) is 72.0 Å². The molecule has 0 saturated carbocycles. The summed E-state index contributed by atoms with van der Waals surface area (Å²) in [5, 5.41) is 1.14. The van der Waals surface area contributed by atoms with Crippen LogP contribution < -0.4 is 11.1 Å². The number of hydrogen-bond donors (Lipinski definition) is 0. The Balaban J connectivity index is 1.47. The van der Waals surface area contributed by atoms with Crippen molar-refractivity contribution >= 4 is 28.4 Å². The topological polar surface area (TPSA) is 83.8 Å². The fraction of sp³-hybridized carbons (Fsp3) is 0.371. The summed E-state index contributed by atoms with van der Waals surface area (Å²) in [5.41, 5.74) is 4.58. The second-order valence-electron chi connectivity index (χ2n) is 12.0. The predicted octanol–water partition coefficient (Wildman–Crippen LogP) is 6.96. The van der Waals surface area contributed by atoms with E-state index in [1.165, 1.54) is 11.8 Å². The summed E-state index contributed by atoms with van der Waals surface area (Å²) in [6.45, 7) is 12.2. The second kappa shape index (κ2) is 12.9. The zero-order valence-electron chi connectivity index (χ0n) is 26.6. The summed E-state index contributed by atoms with van der Waals surface area (Å²) >= 11 is 1.30. The number of Topliss-reactive ketones (excluding diaryl/α,β-unsaturated/α-hetero) is 1. The Morgan fingerprint density at radius 2 is 1.57 bits per heavy atom. The minimum Gasteiger partial charge on any atom is -0.311 e. The van der Waals surface area contributed by atoms with Gasteiger partial charge in [-0.2, -0.15) is 0 Å². The molecule has 5 aromatic rings. The SMILES string of the molecule is Cc1cc(C(=O)CSc2nc3ccccc3c(=O)n2C(C)CCCC(C)C)c(C)n1-c1c(C)n(C)n(-c2ccccc2)c1=O. The summed E-state index contributed by atoms with van der Waals surface area (Å²) in [6.07, 6.45) is 2.96. The van der Waals surface area contributed by atoms with Gasteiger partial charge in [-0.15, -0.1) is 0 Å². The van der Waals surface area contributed by atoms with E-state index in [-0.39, 0.29) is 28.7 Å². The van der Waals surface area contributed by atoms with E-state index in [1.807, 2.05) is 97.7 Å². The zero-order valence-corrected chi connectivity index (χ0v) is 27.4. The van der Waals surface area contributed by atoms with Crippen molar-refractivity contribution in [1.82, 2.24) is 23.5 Å². The molecule has 0 fully saturated rings. The van der Waals surface area contributed by atoms with Crippen LogP contribution in [0.2, 0.25) is 0 Å². The molecule has 0 bridgehead atoms. The first-order valence-corrected chi connectivity index (χ1v) is 16.2. The van der Waals surface area contributed by atoms with Crippen LogP contribution in [0.4, 0.5) is 0 Å². The van der Waals surface area contributed by atoms with E-state index < -0.39 is 0 Å². The van der Waals surface area contributed by atoms with Gasteiger partial charge in [0.25, 0.3) is 11.1 Å². The number of carbonyl (C=O) groups is 1. The molecule has 2 aromatic carbocycles. The van der Waals surface area contributed by atoms with Crippen LogP contribution in [0.25, 0.3) is 22.3 Å². The monoisotopic (exact) mass is 611 g/mol. The maximum absolute atomic E-state index is 13.7. The number of carbonyl (C=O) groups excluding carboxylic acids is 1. The molecule has 3 aromatic heterocycles. The lowest BCUT2D eigenvalue weighted by Gasteiger charge is -2.20. The van der Waals surface area contributed by atoms with Crippen LogP contribution in [0.5, 0.6) is 0 Å². The molecule has 1 unspecified atom stereocenters. The van der Waals surface area contributed by atoms with Crippen molar-refractivity contribution in [2.75, 3.05) is 5.75 Å². The average molecular weight is 612 g/mol. The third-order valence-corrected chi connectivity index (χ3v) is 9.38. The number of hydrogen-bond acceptors (Lipinski definition) is 5. The van der Waals surface area contributed by atoms with Crippen molar-refractivity contribution in [1.29, 1.82) is 0 Å². The highest BCUT2D eigenvalue weighted by Crippen LogP contribution is 2.27. The van der Waals surface area contributed by atoms with E-state index in [9.17, 15) is 14.4 Å². The van der Waals surface area contributed by atoms with Crippen LogP contribution in [-0.4, -0.2) is 35.0 Å². The smallest absolute Gasteiger partial charge is 0.295 e. The second-order valence-corrected chi connectivity index (χ2v) is 12.9. The van der Waals surface area contributed by atoms with Gasteiger partial charge in [0.1, 0.15) is 5.69 Å². The van der Waals surface area contributed by atoms with Gasteiger partial charge < -0.3 is 4.57 Å². The number of rotatable bonds is 11. The van der Waals surface area contributed by atoms with Gasteiger partial charge in [0.15, 0.2) is 10.9 Å². The number of fused-ring (bicyclic) bond motifs is 1. The van der Waals surface area contributed by atoms with Crippen molar-refractivity contribution in [3.63, 3.8) is 0 Å². The van der Waals surface area contributed by atoms with Crippen molar-refractivity contribution in [3.8, 4) is 11.4 Å². The molecule has 3 heterocycles. The van der Waals surface area contributed by atoms with E-state index in [2.05, 4.69) is 20.8 Å². The lowest BCUT2D eigenvalue weighted by molar-refractivity contribution is 0.102. The predicted molar refractivity (Wildman–Crippen MR) is 179 cm³/mol. The maximum Gasteiger partial charge on any atom is 0.295 e. The van der Waals surface area contributed by atoms with Crippen LogP contribution in [0.3, 0.4) is 0 Å². The molecule has 0 aliphatic carbocycles. The number of benzene rings is 2. The molecule has 5 rings (SSSR count). The summed E-state index contributed by atoms with van der Waals surface area (Å²) in [6, 6.07) is 18.7. The Morgan fingerprint density at radius 3 is 2.27 bits per heavy atom. The first-order chi connectivity index (χ1) is 21.0. The first-order valence-electron chi connectivity index (χ1n) is 15.2.